The lowest BCUT2D eigenvalue weighted by molar-refractivity contribution is 0.105. The monoisotopic (exact) mass is 292 g/mol. The van der Waals surface area contributed by atoms with Crippen LogP contribution in [0.2, 0.25) is 0 Å². The minimum atomic E-state index is -0.226. The van der Waals surface area contributed by atoms with Gasteiger partial charge in [-0.25, -0.2) is 14.8 Å². The van der Waals surface area contributed by atoms with Crippen LogP contribution < -0.4 is 4.90 Å². The van der Waals surface area contributed by atoms with E-state index in [2.05, 4.69) is 14.9 Å². The molecule has 0 unspecified atom stereocenters. The van der Waals surface area contributed by atoms with Crippen LogP contribution >= 0.6 is 11.3 Å². The molecule has 6 nitrogen and oxygen atoms in total. The Balaban J connectivity index is 1.72. The van der Waals surface area contributed by atoms with Crippen LogP contribution in [0.3, 0.4) is 0 Å². The van der Waals surface area contributed by atoms with Crippen molar-refractivity contribution in [1.29, 1.82) is 0 Å². The number of carbonyl (C=O) groups is 1. The second-order valence-electron chi connectivity index (χ2n) is 4.51. The van der Waals surface area contributed by atoms with E-state index < -0.39 is 0 Å². The van der Waals surface area contributed by atoms with Crippen LogP contribution in [-0.2, 0) is 4.74 Å². The van der Waals surface area contributed by atoms with Gasteiger partial charge in [-0.2, -0.15) is 0 Å². The lowest BCUT2D eigenvalue weighted by Gasteiger charge is -2.34. The molecule has 0 spiro atoms. The highest BCUT2D eigenvalue weighted by Gasteiger charge is 2.23. The van der Waals surface area contributed by atoms with E-state index in [0.29, 0.717) is 19.7 Å². The van der Waals surface area contributed by atoms with Crippen molar-refractivity contribution in [1.82, 2.24) is 14.9 Å². The summed E-state index contributed by atoms with van der Waals surface area (Å²) >= 11 is 1.65. The average Bonchev–Trinajstić information content (AvgIpc) is 2.96. The van der Waals surface area contributed by atoms with Crippen molar-refractivity contribution in [3.8, 4) is 0 Å². The van der Waals surface area contributed by atoms with Gasteiger partial charge in [-0.1, -0.05) is 0 Å². The molecule has 7 heteroatoms. The van der Waals surface area contributed by atoms with Crippen molar-refractivity contribution in [3.05, 3.63) is 17.8 Å². The zero-order chi connectivity index (χ0) is 13.9. The number of amides is 1. The molecule has 0 bridgehead atoms. The minimum Gasteiger partial charge on any atom is -0.450 e. The Labute approximate surface area is 121 Å². The van der Waals surface area contributed by atoms with Gasteiger partial charge in [0.2, 0.25) is 0 Å². The Bertz CT molecular complexity index is 607. The average molecular weight is 292 g/mol. The van der Waals surface area contributed by atoms with E-state index in [1.165, 1.54) is 0 Å². The number of aromatic nitrogens is 2. The summed E-state index contributed by atoms with van der Waals surface area (Å²) in [5.74, 6) is 0.966. The van der Waals surface area contributed by atoms with Crippen molar-refractivity contribution in [3.63, 3.8) is 0 Å². The van der Waals surface area contributed by atoms with Gasteiger partial charge in [-0.3, -0.25) is 0 Å². The smallest absolute Gasteiger partial charge is 0.409 e. The molecule has 106 valence electrons. The zero-order valence-corrected chi connectivity index (χ0v) is 12.1. The molecule has 0 aromatic carbocycles. The summed E-state index contributed by atoms with van der Waals surface area (Å²) in [5, 5.41) is 2.03. The first-order valence-electron chi connectivity index (χ1n) is 6.64. The normalized spacial score (nSPS) is 15.7. The van der Waals surface area contributed by atoms with E-state index in [1.54, 1.807) is 22.6 Å². The molecular formula is C13H16N4O2S. The number of ether oxygens (including phenoxy) is 1. The Hall–Kier alpha value is -1.89. The molecule has 1 fully saturated rings. The van der Waals surface area contributed by atoms with E-state index in [-0.39, 0.29) is 6.09 Å². The first-order valence-corrected chi connectivity index (χ1v) is 7.52. The fourth-order valence-electron chi connectivity index (χ4n) is 2.32. The van der Waals surface area contributed by atoms with Gasteiger partial charge in [0.25, 0.3) is 0 Å². The Kier molecular flexibility index (Phi) is 3.68. The molecule has 0 aliphatic carbocycles. The highest BCUT2D eigenvalue weighted by atomic mass is 32.1. The lowest BCUT2D eigenvalue weighted by Crippen LogP contribution is -2.49. The maximum atomic E-state index is 11.7. The Morgan fingerprint density at radius 3 is 2.90 bits per heavy atom. The predicted octanol–water partition coefficient (Wildman–Crippen LogP) is 1.97. The van der Waals surface area contributed by atoms with E-state index in [9.17, 15) is 4.79 Å². The summed E-state index contributed by atoms with van der Waals surface area (Å²) in [6, 6.07) is 2.00. The van der Waals surface area contributed by atoms with Crippen LogP contribution in [0.1, 0.15) is 6.92 Å². The van der Waals surface area contributed by atoms with Crippen LogP contribution in [0.5, 0.6) is 0 Å². The Morgan fingerprint density at radius 2 is 2.15 bits per heavy atom. The van der Waals surface area contributed by atoms with E-state index >= 15 is 0 Å². The molecule has 1 aliphatic heterocycles. The number of piperazine rings is 1. The SMILES string of the molecule is CCOC(=O)N1CCN(c2ncnc3ccsc23)CC1. The molecule has 1 amide bonds. The topological polar surface area (TPSA) is 58.6 Å². The van der Waals surface area contributed by atoms with Gasteiger partial charge in [0.15, 0.2) is 0 Å². The maximum Gasteiger partial charge on any atom is 0.409 e. The van der Waals surface area contributed by atoms with E-state index in [4.69, 9.17) is 4.74 Å². The molecule has 3 rings (SSSR count). The molecule has 1 saturated heterocycles. The van der Waals surface area contributed by atoms with Crippen molar-refractivity contribution in [2.24, 2.45) is 0 Å². The van der Waals surface area contributed by atoms with Gasteiger partial charge in [0, 0.05) is 26.2 Å². The summed E-state index contributed by atoms with van der Waals surface area (Å²) in [6.45, 7) is 5.10. The van der Waals surface area contributed by atoms with Crippen LogP contribution in [0, 0.1) is 0 Å². The van der Waals surface area contributed by atoms with E-state index in [0.717, 1.165) is 29.1 Å². The molecule has 1 aliphatic rings. The second kappa shape index (κ2) is 5.62. The highest BCUT2D eigenvalue weighted by Crippen LogP contribution is 2.28. The quantitative estimate of drug-likeness (QED) is 0.847. The van der Waals surface area contributed by atoms with Crippen LogP contribution in [0.4, 0.5) is 10.6 Å². The van der Waals surface area contributed by atoms with Crippen molar-refractivity contribution < 1.29 is 9.53 Å². The van der Waals surface area contributed by atoms with Gasteiger partial charge >= 0.3 is 6.09 Å². The van der Waals surface area contributed by atoms with Crippen LogP contribution in [-0.4, -0.2) is 53.7 Å². The number of carbonyl (C=O) groups excluding carboxylic acids is 1. The molecule has 0 saturated carbocycles. The second-order valence-corrected chi connectivity index (χ2v) is 5.42. The number of thiophene rings is 1. The van der Waals surface area contributed by atoms with Crippen LogP contribution in [0.25, 0.3) is 10.2 Å². The van der Waals surface area contributed by atoms with Crippen molar-refractivity contribution >= 4 is 33.5 Å². The van der Waals surface area contributed by atoms with Gasteiger partial charge in [-0.05, 0) is 18.4 Å². The number of anilines is 1. The zero-order valence-electron chi connectivity index (χ0n) is 11.3. The van der Waals surface area contributed by atoms with Crippen molar-refractivity contribution in [2.75, 3.05) is 37.7 Å². The number of nitrogens with zero attached hydrogens (tertiary/aromatic N) is 4. The molecule has 0 atom stereocenters. The summed E-state index contributed by atoms with van der Waals surface area (Å²) in [6.07, 6.45) is 1.37. The lowest BCUT2D eigenvalue weighted by atomic mass is 10.3. The van der Waals surface area contributed by atoms with Crippen LogP contribution in [0.15, 0.2) is 17.8 Å². The summed E-state index contributed by atoms with van der Waals surface area (Å²) < 4.78 is 6.13. The standard InChI is InChI=1S/C13H16N4O2S/c1-2-19-13(18)17-6-4-16(5-7-17)12-11-10(3-8-20-11)14-9-15-12/h3,8-9H,2,4-7H2,1H3. The fraction of sp³-hybridized carbons (Fsp3) is 0.462. The third-order valence-corrected chi connectivity index (χ3v) is 4.23. The van der Waals surface area contributed by atoms with Gasteiger partial charge in [0.05, 0.1) is 16.8 Å². The van der Waals surface area contributed by atoms with E-state index in [1.807, 2.05) is 18.4 Å². The van der Waals surface area contributed by atoms with Gasteiger partial charge < -0.3 is 14.5 Å². The summed E-state index contributed by atoms with van der Waals surface area (Å²) in [5.41, 5.74) is 0.979. The number of rotatable bonds is 2. The molecule has 3 heterocycles. The number of hydrogen-bond acceptors (Lipinski definition) is 6. The number of fused-ring (bicyclic) bond motifs is 1. The fourth-order valence-corrected chi connectivity index (χ4v) is 3.18. The first kappa shape index (κ1) is 13.1. The molecule has 20 heavy (non-hydrogen) atoms. The minimum absolute atomic E-state index is 0.226. The Morgan fingerprint density at radius 1 is 1.35 bits per heavy atom. The molecule has 0 radical (unpaired) electrons. The van der Waals surface area contributed by atoms with Gasteiger partial charge in [-0.15, -0.1) is 11.3 Å². The molecule has 2 aromatic heterocycles. The molecular weight excluding hydrogens is 276 g/mol. The largest absolute Gasteiger partial charge is 0.450 e. The van der Waals surface area contributed by atoms with Crippen molar-refractivity contribution in [2.45, 2.75) is 6.92 Å². The first-order chi connectivity index (χ1) is 9.79. The highest BCUT2D eigenvalue weighted by molar-refractivity contribution is 7.17. The third kappa shape index (κ3) is 2.40. The maximum absolute atomic E-state index is 11.7. The van der Waals surface area contributed by atoms with Gasteiger partial charge in [0.1, 0.15) is 12.1 Å². The summed E-state index contributed by atoms with van der Waals surface area (Å²) in [4.78, 5) is 24.3. The molecule has 0 N–H and O–H groups in total. The molecule has 2 aromatic rings. The summed E-state index contributed by atoms with van der Waals surface area (Å²) in [7, 11) is 0. The predicted molar refractivity (Wildman–Crippen MR) is 78.2 cm³/mol. The third-order valence-electron chi connectivity index (χ3n) is 3.33. The number of hydrogen-bond donors (Lipinski definition) is 0.